The van der Waals surface area contributed by atoms with Crippen LogP contribution in [-0.4, -0.2) is 55.2 Å². The Labute approximate surface area is 133 Å². The van der Waals surface area contributed by atoms with Crippen LogP contribution in [0.4, 0.5) is 0 Å². The van der Waals surface area contributed by atoms with E-state index in [2.05, 4.69) is 12.1 Å². The van der Waals surface area contributed by atoms with Crippen LogP contribution >= 0.6 is 23.5 Å². The van der Waals surface area contributed by atoms with Crippen LogP contribution in [0.3, 0.4) is 0 Å². The molecule has 1 aromatic rings. The van der Waals surface area contributed by atoms with Crippen LogP contribution < -0.4 is 4.74 Å². The highest BCUT2D eigenvalue weighted by molar-refractivity contribution is 8.19. The van der Waals surface area contributed by atoms with Crippen LogP contribution in [0.5, 0.6) is 5.75 Å². The van der Waals surface area contributed by atoms with Gasteiger partial charge in [0.1, 0.15) is 5.75 Å². The molecule has 4 nitrogen and oxygen atoms in total. The van der Waals surface area contributed by atoms with Crippen molar-refractivity contribution in [3.05, 3.63) is 29.8 Å². The van der Waals surface area contributed by atoms with Gasteiger partial charge in [-0.25, -0.2) is 0 Å². The first kappa shape index (κ1) is 15.1. The fraction of sp³-hybridized carbons (Fsp3) is 0.533. The lowest BCUT2D eigenvalue weighted by Gasteiger charge is -2.26. The zero-order valence-electron chi connectivity index (χ0n) is 11.8. The highest BCUT2D eigenvalue weighted by Gasteiger charge is 2.19. The molecule has 2 fully saturated rings. The van der Waals surface area contributed by atoms with Crippen molar-refractivity contribution in [1.29, 1.82) is 0 Å². The van der Waals surface area contributed by atoms with Crippen LogP contribution in [0.15, 0.2) is 24.3 Å². The topological polar surface area (TPSA) is 38.8 Å². The number of rotatable bonds is 4. The first-order valence-corrected chi connectivity index (χ1v) is 9.24. The smallest absolute Gasteiger partial charge is 0.260 e. The number of hydrogen-bond acceptors (Lipinski definition) is 5. The van der Waals surface area contributed by atoms with Crippen molar-refractivity contribution in [2.24, 2.45) is 0 Å². The van der Waals surface area contributed by atoms with E-state index >= 15 is 0 Å². The quantitative estimate of drug-likeness (QED) is 0.850. The van der Waals surface area contributed by atoms with Crippen LogP contribution in [0.25, 0.3) is 0 Å². The Bertz CT molecular complexity index is 468. The van der Waals surface area contributed by atoms with E-state index in [-0.39, 0.29) is 12.5 Å². The van der Waals surface area contributed by atoms with Gasteiger partial charge in [-0.1, -0.05) is 12.1 Å². The first-order valence-electron chi connectivity index (χ1n) is 7.14. The number of carbonyl (C=O) groups excluding carboxylic acids is 1. The fourth-order valence-electron chi connectivity index (χ4n) is 2.32. The molecule has 2 aliphatic rings. The lowest BCUT2D eigenvalue weighted by molar-refractivity contribution is -0.137. The van der Waals surface area contributed by atoms with E-state index in [1.807, 2.05) is 35.7 Å². The van der Waals surface area contributed by atoms with Gasteiger partial charge in [-0.15, -0.1) is 23.5 Å². The molecule has 0 spiro atoms. The molecule has 2 saturated heterocycles. The van der Waals surface area contributed by atoms with E-state index in [1.165, 1.54) is 17.1 Å². The molecule has 0 N–H and O–H groups in total. The Morgan fingerprint density at radius 3 is 2.52 bits per heavy atom. The second-order valence-electron chi connectivity index (χ2n) is 4.92. The molecule has 0 saturated carbocycles. The van der Waals surface area contributed by atoms with Crippen molar-refractivity contribution in [1.82, 2.24) is 4.90 Å². The van der Waals surface area contributed by atoms with Gasteiger partial charge in [0.25, 0.3) is 5.91 Å². The van der Waals surface area contributed by atoms with E-state index < -0.39 is 0 Å². The van der Waals surface area contributed by atoms with Crippen LogP contribution in [0, 0.1) is 0 Å². The summed E-state index contributed by atoms with van der Waals surface area (Å²) in [7, 11) is 0. The van der Waals surface area contributed by atoms with Gasteiger partial charge in [-0.2, -0.15) is 0 Å². The average Bonchev–Trinajstić information content (AvgIpc) is 3.08. The van der Waals surface area contributed by atoms with E-state index in [0.717, 1.165) is 5.75 Å². The summed E-state index contributed by atoms with van der Waals surface area (Å²) < 4.78 is 11.4. The number of amides is 1. The standard InChI is InChI=1S/C15H19NO3S2/c17-14(16-5-7-18-8-6-16)11-19-13-3-1-12(2-4-13)15-20-9-10-21-15/h1-4,15H,5-11H2. The summed E-state index contributed by atoms with van der Waals surface area (Å²) in [6.45, 7) is 2.68. The molecule has 2 heterocycles. The maximum Gasteiger partial charge on any atom is 0.260 e. The summed E-state index contributed by atoms with van der Waals surface area (Å²) in [5, 5.41) is 0. The molecule has 0 unspecified atom stereocenters. The van der Waals surface area contributed by atoms with E-state index in [1.54, 1.807) is 4.90 Å². The highest BCUT2D eigenvalue weighted by atomic mass is 32.2. The molecular weight excluding hydrogens is 306 g/mol. The molecule has 0 aliphatic carbocycles. The van der Waals surface area contributed by atoms with Crippen LogP contribution in [0.1, 0.15) is 10.1 Å². The lowest BCUT2D eigenvalue weighted by atomic mass is 10.2. The Morgan fingerprint density at radius 1 is 1.19 bits per heavy atom. The number of ether oxygens (including phenoxy) is 2. The summed E-state index contributed by atoms with van der Waals surface area (Å²) in [5.41, 5.74) is 1.33. The molecule has 0 aromatic heterocycles. The Hall–Kier alpha value is -0.850. The molecule has 0 radical (unpaired) electrons. The summed E-state index contributed by atoms with van der Waals surface area (Å²) in [4.78, 5) is 13.8. The minimum absolute atomic E-state index is 0.0317. The molecular formula is C15H19NO3S2. The Balaban J connectivity index is 1.49. The van der Waals surface area contributed by atoms with Gasteiger partial charge in [0, 0.05) is 24.6 Å². The third-order valence-corrected chi connectivity index (χ3v) is 6.60. The maximum absolute atomic E-state index is 12.0. The summed E-state index contributed by atoms with van der Waals surface area (Å²) in [6, 6.07) is 8.12. The minimum Gasteiger partial charge on any atom is -0.484 e. The zero-order chi connectivity index (χ0) is 14.5. The molecule has 0 atom stereocenters. The monoisotopic (exact) mass is 325 g/mol. The number of morpholine rings is 1. The highest BCUT2D eigenvalue weighted by Crippen LogP contribution is 2.45. The second kappa shape index (κ2) is 7.42. The van der Waals surface area contributed by atoms with Gasteiger partial charge in [-0.05, 0) is 17.7 Å². The van der Waals surface area contributed by atoms with Crippen molar-refractivity contribution in [2.75, 3.05) is 44.4 Å². The Kier molecular flexibility index (Phi) is 5.32. The number of benzene rings is 1. The van der Waals surface area contributed by atoms with Crippen molar-refractivity contribution >= 4 is 29.4 Å². The number of thioether (sulfide) groups is 2. The largest absolute Gasteiger partial charge is 0.484 e. The van der Waals surface area contributed by atoms with Crippen molar-refractivity contribution in [3.63, 3.8) is 0 Å². The predicted octanol–water partition coefficient (Wildman–Crippen LogP) is 2.40. The van der Waals surface area contributed by atoms with Gasteiger partial charge in [-0.3, -0.25) is 4.79 Å². The number of hydrogen-bond donors (Lipinski definition) is 0. The SMILES string of the molecule is O=C(COc1ccc(C2SCCS2)cc1)N1CCOCC1. The third-order valence-electron chi connectivity index (χ3n) is 3.50. The van der Waals surface area contributed by atoms with Crippen LogP contribution in [0.2, 0.25) is 0 Å². The fourth-order valence-corrected chi connectivity index (χ4v) is 5.18. The minimum atomic E-state index is 0.0317. The zero-order valence-corrected chi connectivity index (χ0v) is 13.5. The molecule has 21 heavy (non-hydrogen) atoms. The molecule has 114 valence electrons. The molecule has 3 rings (SSSR count). The lowest BCUT2D eigenvalue weighted by Crippen LogP contribution is -2.42. The number of nitrogens with zero attached hydrogens (tertiary/aromatic N) is 1. The molecule has 2 aliphatic heterocycles. The normalized spacial score (nSPS) is 19.7. The maximum atomic E-state index is 12.0. The summed E-state index contributed by atoms with van der Waals surface area (Å²) in [5.74, 6) is 3.24. The molecule has 1 aromatic carbocycles. The molecule has 1 amide bonds. The first-order chi connectivity index (χ1) is 10.3. The molecule has 6 heteroatoms. The molecule has 0 bridgehead atoms. The third kappa shape index (κ3) is 4.08. The van der Waals surface area contributed by atoms with Gasteiger partial charge < -0.3 is 14.4 Å². The van der Waals surface area contributed by atoms with E-state index in [9.17, 15) is 4.79 Å². The predicted molar refractivity (Wildman–Crippen MR) is 87.0 cm³/mol. The second-order valence-corrected chi connectivity index (χ2v) is 7.65. The van der Waals surface area contributed by atoms with Gasteiger partial charge in [0.2, 0.25) is 0 Å². The summed E-state index contributed by atoms with van der Waals surface area (Å²) in [6.07, 6.45) is 0. The van der Waals surface area contributed by atoms with Gasteiger partial charge in [0.15, 0.2) is 6.61 Å². The average molecular weight is 325 g/mol. The number of carbonyl (C=O) groups is 1. The van der Waals surface area contributed by atoms with E-state index in [4.69, 9.17) is 9.47 Å². The van der Waals surface area contributed by atoms with Gasteiger partial charge in [0.05, 0.1) is 17.8 Å². The van der Waals surface area contributed by atoms with Crippen molar-refractivity contribution in [2.45, 2.75) is 4.58 Å². The Morgan fingerprint density at radius 2 is 1.86 bits per heavy atom. The van der Waals surface area contributed by atoms with E-state index in [0.29, 0.717) is 30.9 Å². The van der Waals surface area contributed by atoms with Gasteiger partial charge >= 0.3 is 0 Å². The van der Waals surface area contributed by atoms with Crippen LogP contribution in [-0.2, 0) is 9.53 Å². The van der Waals surface area contributed by atoms with Crippen molar-refractivity contribution < 1.29 is 14.3 Å². The summed E-state index contributed by atoms with van der Waals surface area (Å²) >= 11 is 3.98. The van der Waals surface area contributed by atoms with Crippen molar-refractivity contribution in [3.8, 4) is 5.75 Å².